The van der Waals surface area contributed by atoms with Gasteiger partial charge in [-0.1, -0.05) is 6.07 Å². The van der Waals surface area contributed by atoms with E-state index in [9.17, 15) is 9.90 Å². The van der Waals surface area contributed by atoms with Crippen molar-refractivity contribution in [2.24, 2.45) is 5.92 Å². The number of likely N-dealkylation sites (tertiary alicyclic amines) is 1. The van der Waals surface area contributed by atoms with Crippen molar-refractivity contribution in [3.8, 4) is 11.5 Å². The first-order chi connectivity index (χ1) is 10.1. The van der Waals surface area contributed by atoms with Gasteiger partial charge in [0.25, 0.3) is 0 Å². The van der Waals surface area contributed by atoms with E-state index in [4.69, 9.17) is 4.74 Å². The van der Waals surface area contributed by atoms with Crippen molar-refractivity contribution in [3.63, 3.8) is 0 Å². The number of hydrogen-bond acceptors (Lipinski definition) is 4. The summed E-state index contributed by atoms with van der Waals surface area (Å²) < 4.78 is 5.41. The monoisotopic (exact) mass is 292 g/mol. The minimum absolute atomic E-state index is 0.144. The van der Waals surface area contributed by atoms with E-state index in [0.29, 0.717) is 12.4 Å². The second-order valence-corrected chi connectivity index (χ2v) is 5.40. The van der Waals surface area contributed by atoms with Gasteiger partial charge in [-0.3, -0.25) is 9.69 Å². The fourth-order valence-corrected chi connectivity index (χ4v) is 2.74. The molecule has 1 saturated heterocycles. The Morgan fingerprint density at radius 1 is 1.43 bits per heavy atom. The molecule has 1 fully saturated rings. The first kappa shape index (κ1) is 15.6. The number of hydrogen-bond donors (Lipinski definition) is 2. The van der Waals surface area contributed by atoms with Crippen LogP contribution in [0.15, 0.2) is 18.2 Å². The summed E-state index contributed by atoms with van der Waals surface area (Å²) in [5.41, 5.74) is 1.12. The highest BCUT2D eigenvalue weighted by molar-refractivity contribution is 5.78. The number of phenolic OH excluding ortho intramolecular Hbond substituents is 1. The summed E-state index contributed by atoms with van der Waals surface area (Å²) in [6.45, 7) is 5.09. The molecule has 0 aromatic heterocycles. The van der Waals surface area contributed by atoms with E-state index < -0.39 is 0 Å². The molecule has 1 amide bonds. The van der Waals surface area contributed by atoms with Gasteiger partial charge < -0.3 is 15.2 Å². The summed E-state index contributed by atoms with van der Waals surface area (Å²) in [5, 5.41) is 12.4. The molecule has 0 radical (unpaired) electrons. The van der Waals surface area contributed by atoms with Gasteiger partial charge >= 0.3 is 0 Å². The third kappa shape index (κ3) is 4.11. The number of carbonyl (C=O) groups is 1. The maximum atomic E-state index is 11.6. The fraction of sp³-hybridized carbons (Fsp3) is 0.562. The number of benzene rings is 1. The predicted octanol–water partition coefficient (Wildman–Crippen LogP) is 1.75. The zero-order valence-electron chi connectivity index (χ0n) is 12.8. The molecule has 21 heavy (non-hydrogen) atoms. The van der Waals surface area contributed by atoms with Crippen molar-refractivity contribution in [2.75, 3.05) is 26.7 Å². The number of nitrogens with one attached hydrogen (secondary N) is 1. The Hall–Kier alpha value is -1.75. The molecular formula is C16H24N2O3. The molecule has 0 unspecified atom stereocenters. The molecule has 1 aromatic carbocycles. The predicted molar refractivity (Wildman–Crippen MR) is 81.3 cm³/mol. The van der Waals surface area contributed by atoms with Gasteiger partial charge in [-0.25, -0.2) is 0 Å². The van der Waals surface area contributed by atoms with Crippen molar-refractivity contribution in [3.05, 3.63) is 23.8 Å². The zero-order chi connectivity index (χ0) is 15.2. The standard InChI is InChI=1S/C16H24N2O3/c1-3-21-15-10-12(4-5-14(15)19)11-18-8-6-13(7-9-18)16(20)17-2/h4-5,10,13,19H,3,6-9,11H2,1-2H3,(H,17,20). The average Bonchev–Trinajstić information content (AvgIpc) is 2.51. The second-order valence-electron chi connectivity index (χ2n) is 5.40. The van der Waals surface area contributed by atoms with Crippen LogP contribution >= 0.6 is 0 Å². The van der Waals surface area contributed by atoms with Crippen LogP contribution in [0.3, 0.4) is 0 Å². The number of rotatable bonds is 5. The quantitative estimate of drug-likeness (QED) is 0.868. The molecule has 1 aromatic rings. The van der Waals surface area contributed by atoms with E-state index in [1.165, 1.54) is 0 Å². The van der Waals surface area contributed by atoms with E-state index in [-0.39, 0.29) is 17.6 Å². The van der Waals surface area contributed by atoms with E-state index in [0.717, 1.165) is 38.0 Å². The normalized spacial score (nSPS) is 16.7. The Labute approximate surface area is 125 Å². The lowest BCUT2D eigenvalue weighted by Gasteiger charge is -2.31. The van der Waals surface area contributed by atoms with Crippen LogP contribution in [-0.2, 0) is 11.3 Å². The highest BCUT2D eigenvalue weighted by Crippen LogP contribution is 2.28. The van der Waals surface area contributed by atoms with Crippen molar-refractivity contribution >= 4 is 5.91 Å². The smallest absolute Gasteiger partial charge is 0.222 e. The van der Waals surface area contributed by atoms with E-state index in [2.05, 4.69) is 10.2 Å². The summed E-state index contributed by atoms with van der Waals surface area (Å²) in [7, 11) is 1.69. The number of nitrogens with zero attached hydrogens (tertiary/aromatic N) is 1. The minimum atomic E-state index is 0.144. The van der Waals surface area contributed by atoms with Gasteiger partial charge in [0.1, 0.15) is 0 Å². The van der Waals surface area contributed by atoms with Crippen LogP contribution in [0.25, 0.3) is 0 Å². The van der Waals surface area contributed by atoms with Crippen molar-refractivity contribution < 1.29 is 14.6 Å². The Kier molecular flexibility index (Phi) is 5.44. The largest absolute Gasteiger partial charge is 0.504 e. The van der Waals surface area contributed by atoms with E-state index >= 15 is 0 Å². The third-order valence-corrected chi connectivity index (χ3v) is 3.94. The maximum absolute atomic E-state index is 11.6. The van der Waals surface area contributed by atoms with Crippen molar-refractivity contribution in [1.82, 2.24) is 10.2 Å². The van der Waals surface area contributed by atoms with E-state index in [1.54, 1.807) is 13.1 Å². The second kappa shape index (κ2) is 7.31. The highest BCUT2D eigenvalue weighted by atomic mass is 16.5. The van der Waals surface area contributed by atoms with Gasteiger partial charge in [-0.05, 0) is 50.6 Å². The van der Waals surface area contributed by atoms with Crippen molar-refractivity contribution in [2.45, 2.75) is 26.3 Å². The maximum Gasteiger partial charge on any atom is 0.222 e. The fourth-order valence-electron chi connectivity index (χ4n) is 2.74. The van der Waals surface area contributed by atoms with Crippen LogP contribution in [0.2, 0.25) is 0 Å². The Morgan fingerprint density at radius 2 is 2.14 bits per heavy atom. The molecule has 0 atom stereocenters. The Balaban J connectivity index is 1.91. The molecule has 5 heteroatoms. The van der Waals surface area contributed by atoms with Gasteiger partial charge in [0.15, 0.2) is 11.5 Å². The van der Waals surface area contributed by atoms with Gasteiger partial charge in [0.05, 0.1) is 6.61 Å². The molecule has 1 aliphatic rings. The number of piperidine rings is 1. The summed E-state index contributed by atoms with van der Waals surface area (Å²) in [4.78, 5) is 13.9. The molecule has 1 aliphatic heterocycles. The van der Waals surface area contributed by atoms with Crippen LogP contribution in [0.5, 0.6) is 11.5 Å². The SMILES string of the molecule is CCOc1cc(CN2CCC(C(=O)NC)CC2)ccc1O. The average molecular weight is 292 g/mol. The molecule has 5 nitrogen and oxygen atoms in total. The van der Waals surface area contributed by atoms with Crippen LogP contribution < -0.4 is 10.1 Å². The lowest BCUT2D eigenvalue weighted by atomic mass is 9.95. The van der Waals surface area contributed by atoms with Crippen LogP contribution in [0.1, 0.15) is 25.3 Å². The van der Waals surface area contributed by atoms with Crippen LogP contribution in [0, 0.1) is 5.92 Å². The van der Waals surface area contributed by atoms with Crippen LogP contribution in [-0.4, -0.2) is 42.7 Å². The molecule has 2 rings (SSSR count). The molecule has 2 N–H and O–H groups in total. The minimum Gasteiger partial charge on any atom is -0.504 e. The molecule has 0 spiro atoms. The third-order valence-electron chi connectivity index (χ3n) is 3.94. The topological polar surface area (TPSA) is 61.8 Å². The number of phenols is 1. The van der Waals surface area contributed by atoms with Crippen molar-refractivity contribution in [1.29, 1.82) is 0 Å². The molecule has 0 bridgehead atoms. The number of amides is 1. The number of aromatic hydroxyl groups is 1. The lowest BCUT2D eigenvalue weighted by molar-refractivity contribution is -0.125. The van der Waals surface area contributed by atoms with Gasteiger partial charge in [0, 0.05) is 19.5 Å². The molecule has 0 aliphatic carbocycles. The number of carbonyl (C=O) groups excluding carboxylic acids is 1. The van der Waals surface area contributed by atoms with E-state index in [1.807, 2.05) is 19.1 Å². The summed E-state index contributed by atoms with van der Waals surface area (Å²) in [6, 6.07) is 5.49. The van der Waals surface area contributed by atoms with Crippen LogP contribution in [0.4, 0.5) is 0 Å². The number of ether oxygens (including phenoxy) is 1. The molecular weight excluding hydrogens is 268 g/mol. The summed E-state index contributed by atoms with van der Waals surface area (Å²) in [5.74, 6) is 1.01. The van der Waals surface area contributed by atoms with Gasteiger partial charge in [-0.15, -0.1) is 0 Å². The zero-order valence-corrected chi connectivity index (χ0v) is 12.8. The summed E-state index contributed by atoms with van der Waals surface area (Å²) in [6.07, 6.45) is 1.80. The molecule has 116 valence electrons. The van der Waals surface area contributed by atoms with Gasteiger partial charge in [0.2, 0.25) is 5.91 Å². The van der Waals surface area contributed by atoms with Gasteiger partial charge in [-0.2, -0.15) is 0 Å². The Morgan fingerprint density at radius 3 is 2.76 bits per heavy atom. The molecule has 0 saturated carbocycles. The Bertz CT molecular complexity index is 482. The highest BCUT2D eigenvalue weighted by Gasteiger charge is 2.24. The lowest BCUT2D eigenvalue weighted by Crippen LogP contribution is -2.39. The summed E-state index contributed by atoms with van der Waals surface area (Å²) >= 11 is 0. The molecule has 1 heterocycles. The first-order valence-corrected chi connectivity index (χ1v) is 7.52. The first-order valence-electron chi connectivity index (χ1n) is 7.52.